The number of H-pyrrole nitrogens is 1. The number of para-hydroxylation sites is 1. The van der Waals surface area contributed by atoms with Crippen LogP contribution in [-0.2, 0) is 0 Å². The maximum absolute atomic E-state index is 12.6. The molecule has 3 rings (SSSR count). The Hall–Kier alpha value is -3.08. The van der Waals surface area contributed by atoms with Gasteiger partial charge in [-0.1, -0.05) is 32.0 Å². The largest absolute Gasteiger partial charge is 0.399 e. The summed E-state index contributed by atoms with van der Waals surface area (Å²) in [6, 6.07) is 12.5. The highest BCUT2D eigenvalue weighted by Crippen LogP contribution is 2.26. The van der Waals surface area contributed by atoms with Crippen molar-refractivity contribution >= 4 is 28.2 Å². The molecule has 0 aliphatic rings. The molecule has 0 saturated heterocycles. The van der Waals surface area contributed by atoms with E-state index in [-0.39, 0.29) is 16.9 Å². The number of amides is 1. The van der Waals surface area contributed by atoms with Crippen LogP contribution in [0.2, 0.25) is 0 Å². The van der Waals surface area contributed by atoms with E-state index >= 15 is 0 Å². The van der Waals surface area contributed by atoms with Gasteiger partial charge < -0.3 is 16.0 Å². The number of fused-ring (bicyclic) bond motifs is 1. The van der Waals surface area contributed by atoms with E-state index in [1.54, 1.807) is 30.3 Å². The van der Waals surface area contributed by atoms with Gasteiger partial charge in [-0.3, -0.25) is 9.59 Å². The van der Waals surface area contributed by atoms with Crippen molar-refractivity contribution in [1.29, 1.82) is 0 Å². The second-order valence-corrected chi connectivity index (χ2v) is 6.03. The van der Waals surface area contributed by atoms with Crippen LogP contribution < -0.4 is 16.5 Å². The Kier molecular flexibility index (Phi) is 4.08. The average Bonchev–Trinajstić information content (AvgIpc) is 2.55. The van der Waals surface area contributed by atoms with Crippen LogP contribution in [0, 0.1) is 0 Å². The summed E-state index contributed by atoms with van der Waals surface area (Å²) < 4.78 is 0. The molecule has 0 aliphatic carbocycles. The molecule has 5 nitrogen and oxygen atoms in total. The molecule has 0 radical (unpaired) electrons. The molecule has 5 heteroatoms. The number of aromatic amines is 1. The maximum atomic E-state index is 12.6. The molecular weight excluding hydrogens is 302 g/mol. The Morgan fingerprint density at radius 3 is 2.67 bits per heavy atom. The molecule has 1 aromatic heterocycles. The summed E-state index contributed by atoms with van der Waals surface area (Å²) in [6.45, 7) is 4.06. The fourth-order valence-corrected chi connectivity index (χ4v) is 2.71. The minimum atomic E-state index is -0.450. The third-order valence-electron chi connectivity index (χ3n) is 3.98. The predicted molar refractivity (Wildman–Crippen MR) is 97.5 cm³/mol. The minimum absolute atomic E-state index is 0.0748. The molecule has 1 amide bonds. The van der Waals surface area contributed by atoms with Gasteiger partial charge in [0.15, 0.2) is 0 Å². The molecular formula is C19H19N3O2. The number of carbonyl (C=O) groups excluding carboxylic acids is 1. The number of carbonyl (C=O) groups is 1. The third kappa shape index (κ3) is 2.88. The molecule has 0 atom stereocenters. The molecule has 0 fully saturated rings. The van der Waals surface area contributed by atoms with Gasteiger partial charge in [0.05, 0.1) is 0 Å². The van der Waals surface area contributed by atoms with Crippen molar-refractivity contribution in [2.24, 2.45) is 0 Å². The highest BCUT2D eigenvalue weighted by Gasteiger charge is 2.15. The van der Waals surface area contributed by atoms with Crippen molar-refractivity contribution < 1.29 is 4.79 Å². The normalized spacial score (nSPS) is 11.0. The van der Waals surface area contributed by atoms with Gasteiger partial charge in [-0.15, -0.1) is 0 Å². The molecule has 0 unspecified atom stereocenters. The van der Waals surface area contributed by atoms with Crippen LogP contribution in [0.1, 0.15) is 35.7 Å². The molecule has 0 aliphatic heterocycles. The fourth-order valence-electron chi connectivity index (χ4n) is 2.71. The van der Waals surface area contributed by atoms with E-state index in [4.69, 9.17) is 5.73 Å². The van der Waals surface area contributed by atoms with Crippen LogP contribution >= 0.6 is 0 Å². The van der Waals surface area contributed by atoms with Gasteiger partial charge in [0.1, 0.15) is 5.56 Å². The number of pyridine rings is 1. The Labute approximate surface area is 139 Å². The lowest BCUT2D eigenvalue weighted by molar-refractivity contribution is 0.102. The number of hydrogen-bond acceptors (Lipinski definition) is 3. The number of aromatic nitrogens is 1. The predicted octanol–water partition coefficient (Wildman–Crippen LogP) is 3.49. The highest BCUT2D eigenvalue weighted by molar-refractivity contribution is 6.06. The van der Waals surface area contributed by atoms with Crippen molar-refractivity contribution in [1.82, 2.24) is 4.98 Å². The summed E-state index contributed by atoms with van der Waals surface area (Å²) in [5.41, 5.74) is 8.46. The topological polar surface area (TPSA) is 88.0 Å². The summed E-state index contributed by atoms with van der Waals surface area (Å²) in [5, 5.41) is 3.30. The number of nitrogens with two attached hydrogens (primary N) is 1. The summed E-state index contributed by atoms with van der Waals surface area (Å²) in [6.07, 6.45) is 1.45. The van der Waals surface area contributed by atoms with Gasteiger partial charge in [-0.2, -0.15) is 0 Å². The van der Waals surface area contributed by atoms with Gasteiger partial charge in [0.25, 0.3) is 5.91 Å². The zero-order chi connectivity index (χ0) is 17.3. The number of rotatable bonds is 3. The molecule has 3 aromatic rings. The van der Waals surface area contributed by atoms with Crippen molar-refractivity contribution in [2.75, 3.05) is 11.1 Å². The third-order valence-corrected chi connectivity index (χ3v) is 3.98. The van der Waals surface area contributed by atoms with E-state index in [0.717, 1.165) is 5.56 Å². The summed E-state index contributed by atoms with van der Waals surface area (Å²) >= 11 is 0. The van der Waals surface area contributed by atoms with Crippen LogP contribution in [0.15, 0.2) is 53.5 Å². The first kappa shape index (κ1) is 15.8. The Balaban J connectivity index is 2.01. The average molecular weight is 321 g/mol. The van der Waals surface area contributed by atoms with Crippen molar-refractivity contribution in [3.8, 4) is 0 Å². The van der Waals surface area contributed by atoms with E-state index in [9.17, 15) is 9.59 Å². The summed E-state index contributed by atoms with van der Waals surface area (Å²) in [4.78, 5) is 28.1. The standard InChI is InChI=1S/C19H19N3O2/c1-11(2)13-8-7-12(20)9-17(13)22-19(24)15-10-21-16-6-4-3-5-14(16)18(15)23/h3-11H,20H2,1-2H3,(H,21,23)(H,22,24). The number of benzene rings is 2. The smallest absolute Gasteiger partial charge is 0.261 e. The zero-order valence-electron chi connectivity index (χ0n) is 13.6. The number of nitrogen functional groups attached to an aromatic ring is 1. The van der Waals surface area contributed by atoms with Gasteiger partial charge in [-0.05, 0) is 35.7 Å². The van der Waals surface area contributed by atoms with Crippen molar-refractivity contribution in [2.45, 2.75) is 19.8 Å². The lowest BCUT2D eigenvalue weighted by Crippen LogP contribution is -2.22. The maximum Gasteiger partial charge on any atom is 0.261 e. The number of hydrogen-bond donors (Lipinski definition) is 3. The lowest BCUT2D eigenvalue weighted by atomic mass is 10.0. The summed E-state index contributed by atoms with van der Waals surface area (Å²) in [5.74, 6) is -0.231. The molecule has 0 saturated carbocycles. The van der Waals surface area contributed by atoms with E-state index < -0.39 is 5.91 Å². The Bertz CT molecular complexity index is 974. The molecule has 4 N–H and O–H groups in total. The second kappa shape index (κ2) is 6.20. The van der Waals surface area contributed by atoms with Crippen LogP contribution in [-0.4, -0.2) is 10.9 Å². The van der Waals surface area contributed by atoms with Gasteiger partial charge in [0.2, 0.25) is 5.43 Å². The monoisotopic (exact) mass is 321 g/mol. The molecule has 0 spiro atoms. The quantitative estimate of drug-likeness (QED) is 0.645. The van der Waals surface area contributed by atoms with Crippen LogP contribution in [0.25, 0.3) is 10.9 Å². The van der Waals surface area contributed by atoms with Crippen LogP contribution in [0.5, 0.6) is 0 Å². The van der Waals surface area contributed by atoms with Crippen LogP contribution in [0.3, 0.4) is 0 Å². The van der Waals surface area contributed by atoms with Crippen molar-refractivity contribution in [3.05, 3.63) is 70.0 Å². The first-order valence-corrected chi connectivity index (χ1v) is 7.78. The van der Waals surface area contributed by atoms with Gasteiger partial charge in [-0.25, -0.2) is 0 Å². The van der Waals surface area contributed by atoms with E-state index in [1.165, 1.54) is 6.20 Å². The number of anilines is 2. The lowest BCUT2D eigenvalue weighted by Gasteiger charge is -2.14. The highest BCUT2D eigenvalue weighted by atomic mass is 16.2. The molecule has 24 heavy (non-hydrogen) atoms. The number of nitrogens with one attached hydrogen (secondary N) is 2. The molecule has 2 aromatic carbocycles. The van der Waals surface area contributed by atoms with E-state index in [2.05, 4.69) is 10.3 Å². The Morgan fingerprint density at radius 2 is 1.92 bits per heavy atom. The molecule has 0 bridgehead atoms. The van der Waals surface area contributed by atoms with Crippen molar-refractivity contribution in [3.63, 3.8) is 0 Å². The van der Waals surface area contributed by atoms with E-state index in [1.807, 2.05) is 26.0 Å². The molecule has 1 heterocycles. The fraction of sp³-hybridized carbons (Fsp3) is 0.158. The molecule has 122 valence electrons. The second-order valence-electron chi connectivity index (χ2n) is 6.03. The Morgan fingerprint density at radius 1 is 1.17 bits per heavy atom. The van der Waals surface area contributed by atoms with E-state index in [0.29, 0.717) is 22.3 Å². The summed E-state index contributed by atoms with van der Waals surface area (Å²) in [7, 11) is 0. The zero-order valence-corrected chi connectivity index (χ0v) is 13.6. The van der Waals surface area contributed by atoms with Crippen LogP contribution in [0.4, 0.5) is 11.4 Å². The van der Waals surface area contributed by atoms with Gasteiger partial charge in [0, 0.05) is 28.5 Å². The first-order valence-electron chi connectivity index (χ1n) is 7.78. The first-order chi connectivity index (χ1) is 11.5. The minimum Gasteiger partial charge on any atom is -0.399 e. The SMILES string of the molecule is CC(C)c1ccc(N)cc1NC(=O)c1c[nH]c2ccccc2c1=O. The van der Waals surface area contributed by atoms with Gasteiger partial charge >= 0.3 is 0 Å².